The molecule has 3 rings (SSSR count). The number of hydrogen-bond donors (Lipinski definition) is 0. The van der Waals surface area contributed by atoms with E-state index in [0.29, 0.717) is 6.61 Å². The Morgan fingerprint density at radius 3 is 2.74 bits per heavy atom. The maximum atomic E-state index is 5.91. The van der Waals surface area contributed by atoms with Gasteiger partial charge in [0.1, 0.15) is 5.75 Å². The number of aryl methyl sites for hydroxylation is 1. The molecule has 0 bridgehead atoms. The Morgan fingerprint density at radius 2 is 1.95 bits per heavy atom. The first-order valence-electron chi connectivity index (χ1n) is 6.83. The standard InChI is InChI=1S/C17H18O2/c1-2-18-17-11-10-14-8-9-15(12-16(14)19-17)13-6-4-3-5-7-13/h3-9,12,17H,2,10-11H2,1H3. The SMILES string of the molecule is CCOC1CCc2ccc(-c3ccccc3)cc2O1. The summed E-state index contributed by atoms with van der Waals surface area (Å²) in [6.07, 6.45) is 1.86. The molecule has 2 aromatic rings. The zero-order valence-corrected chi connectivity index (χ0v) is 11.1. The van der Waals surface area contributed by atoms with Gasteiger partial charge in [-0.1, -0.05) is 42.5 Å². The number of hydrogen-bond acceptors (Lipinski definition) is 2. The highest BCUT2D eigenvalue weighted by atomic mass is 16.7. The Balaban J connectivity index is 1.89. The highest BCUT2D eigenvalue weighted by molar-refractivity contribution is 5.66. The smallest absolute Gasteiger partial charge is 0.200 e. The molecule has 0 radical (unpaired) electrons. The third-order valence-corrected chi connectivity index (χ3v) is 3.43. The number of fused-ring (bicyclic) bond motifs is 1. The minimum Gasteiger partial charge on any atom is -0.465 e. The van der Waals surface area contributed by atoms with Gasteiger partial charge in [-0.25, -0.2) is 0 Å². The maximum absolute atomic E-state index is 5.91. The molecule has 0 saturated carbocycles. The zero-order valence-electron chi connectivity index (χ0n) is 11.1. The van der Waals surface area contributed by atoms with E-state index in [4.69, 9.17) is 9.47 Å². The molecule has 0 N–H and O–H groups in total. The molecular formula is C17H18O2. The Hall–Kier alpha value is -1.80. The summed E-state index contributed by atoms with van der Waals surface area (Å²) in [5.74, 6) is 0.964. The van der Waals surface area contributed by atoms with Gasteiger partial charge in [-0.3, -0.25) is 0 Å². The summed E-state index contributed by atoms with van der Waals surface area (Å²) in [5.41, 5.74) is 3.68. The second-order valence-corrected chi connectivity index (χ2v) is 4.73. The molecule has 0 fully saturated rings. The summed E-state index contributed by atoms with van der Waals surface area (Å²) >= 11 is 0. The van der Waals surface area contributed by atoms with Crippen LogP contribution in [0.2, 0.25) is 0 Å². The fraction of sp³-hybridized carbons (Fsp3) is 0.294. The van der Waals surface area contributed by atoms with Crippen LogP contribution in [0.4, 0.5) is 0 Å². The van der Waals surface area contributed by atoms with Gasteiger partial charge in [0, 0.05) is 13.0 Å². The minimum atomic E-state index is -0.0940. The van der Waals surface area contributed by atoms with Crippen LogP contribution in [0, 0.1) is 0 Å². The lowest BCUT2D eigenvalue weighted by molar-refractivity contribution is -0.0861. The van der Waals surface area contributed by atoms with Gasteiger partial charge >= 0.3 is 0 Å². The molecule has 0 amide bonds. The molecular weight excluding hydrogens is 236 g/mol. The summed E-state index contributed by atoms with van der Waals surface area (Å²) in [6, 6.07) is 16.8. The lowest BCUT2D eigenvalue weighted by Crippen LogP contribution is -2.25. The first kappa shape index (κ1) is 12.2. The van der Waals surface area contributed by atoms with E-state index < -0.39 is 0 Å². The van der Waals surface area contributed by atoms with Gasteiger partial charge < -0.3 is 9.47 Å². The predicted octanol–water partition coefficient (Wildman–Crippen LogP) is 4.04. The third-order valence-electron chi connectivity index (χ3n) is 3.43. The predicted molar refractivity (Wildman–Crippen MR) is 76.2 cm³/mol. The van der Waals surface area contributed by atoms with Crippen molar-refractivity contribution in [1.29, 1.82) is 0 Å². The Kier molecular flexibility index (Phi) is 3.51. The highest BCUT2D eigenvalue weighted by Crippen LogP contribution is 2.32. The van der Waals surface area contributed by atoms with Crippen molar-refractivity contribution in [3.8, 4) is 16.9 Å². The van der Waals surface area contributed by atoms with Crippen molar-refractivity contribution < 1.29 is 9.47 Å². The van der Waals surface area contributed by atoms with E-state index in [1.54, 1.807) is 0 Å². The fourth-order valence-electron chi connectivity index (χ4n) is 2.46. The molecule has 1 atom stereocenters. The van der Waals surface area contributed by atoms with Gasteiger partial charge in [-0.15, -0.1) is 0 Å². The van der Waals surface area contributed by atoms with Crippen LogP contribution in [0.25, 0.3) is 11.1 Å². The average Bonchev–Trinajstić information content (AvgIpc) is 2.48. The zero-order chi connectivity index (χ0) is 13.1. The Labute approximate surface area is 114 Å². The molecule has 2 heteroatoms. The van der Waals surface area contributed by atoms with Crippen molar-refractivity contribution in [3.63, 3.8) is 0 Å². The first-order valence-corrected chi connectivity index (χ1v) is 6.83. The summed E-state index contributed by atoms with van der Waals surface area (Å²) in [6.45, 7) is 2.69. The van der Waals surface area contributed by atoms with E-state index in [-0.39, 0.29) is 6.29 Å². The van der Waals surface area contributed by atoms with Gasteiger partial charge in [0.2, 0.25) is 0 Å². The van der Waals surface area contributed by atoms with E-state index in [9.17, 15) is 0 Å². The van der Waals surface area contributed by atoms with Crippen LogP contribution < -0.4 is 4.74 Å². The van der Waals surface area contributed by atoms with Crippen LogP contribution in [-0.4, -0.2) is 12.9 Å². The molecule has 1 heterocycles. The van der Waals surface area contributed by atoms with Crippen molar-refractivity contribution in [1.82, 2.24) is 0 Å². The number of rotatable bonds is 3. The largest absolute Gasteiger partial charge is 0.465 e. The number of ether oxygens (including phenoxy) is 2. The van der Waals surface area contributed by atoms with E-state index in [2.05, 4.69) is 42.5 Å². The van der Waals surface area contributed by atoms with Crippen LogP contribution >= 0.6 is 0 Å². The molecule has 2 nitrogen and oxygen atoms in total. The molecule has 98 valence electrons. The van der Waals surface area contributed by atoms with Gasteiger partial charge in [0.25, 0.3) is 0 Å². The quantitative estimate of drug-likeness (QED) is 0.823. The molecule has 0 aliphatic carbocycles. The van der Waals surface area contributed by atoms with E-state index in [0.717, 1.165) is 18.6 Å². The highest BCUT2D eigenvalue weighted by Gasteiger charge is 2.20. The van der Waals surface area contributed by atoms with E-state index in [1.807, 2.05) is 13.0 Å². The molecule has 0 aromatic heterocycles. The van der Waals surface area contributed by atoms with Crippen LogP contribution in [-0.2, 0) is 11.2 Å². The molecule has 19 heavy (non-hydrogen) atoms. The summed E-state index contributed by atoms with van der Waals surface area (Å²) in [5, 5.41) is 0. The van der Waals surface area contributed by atoms with E-state index in [1.165, 1.54) is 16.7 Å². The van der Waals surface area contributed by atoms with Gasteiger partial charge in [0.15, 0.2) is 6.29 Å². The maximum Gasteiger partial charge on any atom is 0.200 e. The molecule has 0 saturated heterocycles. The van der Waals surface area contributed by atoms with Gasteiger partial charge in [-0.2, -0.15) is 0 Å². The fourth-order valence-corrected chi connectivity index (χ4v) is 2.46. The third kappa shape index (κ3) is 2.64. The average molecular weight is 254 g/mol. The van der Waals surface area contributed by atoms with Crippen LogP contribution in [0.5, 0.6) is 5.75 Å². The second-order valence-electron chi connectivity index (χ2n) is 4.73. The monoisotopic (exact) mass is 254 g/mol. The van der Waals surface area contributed by atoms with Crippen molar-refractivity contribution >= 4 is 0 Å². The summed E-state index contributed by atoms with van der Waals surface area (Å²) in [7, 11) is 0. The van der Waals surface area contributed by atoms with Crippen molar-refractivity contribution in [2.45, 2.75) is 26.1 Å². The molecule has 0 spiro atoms. The molecule has 1 unspecified atom stereocenters. The van der Waals surface area contributed by atoms with Crippen LogP contribution in [0.15, 0.2) is 48.5 Å². The lowest BCUT2D eigenvalue weighted by atomic mass is 9.99. The lowest BCUT2D eigenvalue weighted by Gasteiger charge is -2.26. The van der Waals surface area contributed by atoms with Crippen molar-refractivity contribution in [2.24, 2.45) is 0 Å². The Bertz CT molecular complexity index is 548. The van der Waals surface area contributed by atoms with Crippen molar-refractivity contribution in [3.05, 3.63) is 54.1 Å². The summed E-state index contributed by atoms with van der Waals surface area (Å²) < 4.78 is 11.5. The molecule has 1 aliphatic rings. The topological polar surface area (TPSA) is 18.5 Å². The van der Waals surface area contributed by atoms with Gasteiger partial charge in [0.05, 0.1) is 0 Å². The first-order chi connectivity index (χ1) is 9.36. The molecule has 2 aromatic carbocycles. The number of benzene rings is 2. The molecule has 1 aliphatic heterocycles. The normalized spacial score (nSPS) is 17.6. The van der Waals surface area contributed by atoms with Crippen LogP contribution in [0.3, 0.4) is 0 Å². The Morgan fingerprint density at radius 1 is 1.11 bits per heavy atom. The van der Waals surface area contributed by atoms with Gasteiger partial charge in [-0.05, 0) is 36.1 Å². The van der Waals surface area contributed by atoms with Crippen LogP contribution in [0.1, 0.15) is 18.9 Å². The summed E-state index contributed by atoms with van der Waals surface area (Å²) in [4.78, 5) is 0. The van der Waals surface area contributed by atoms with Crippen molar-refractivity contribution in [2.75, 3.05) is 6.61 Å². The van der Waals surface area contributed by atoms with E-state index >= 15 is 0 Å². The minimum absolute atomic E-state index is 0.0940. The second kappa shape index (κ2) is 5.45.